The van der Waals surface area contributed by atoms with Crippen LogP contribution in [-0.2, 0) is 9.53 Å². The standard InChI is InChI=1S/C19H14Cl2O2/c1-2-23-19(22)5-3-4-18(14-6-10-16(20)11-7-14)15-8-12-17(21)13-9-15/h5-13H,2H2,1H3. The maximum Gasteiger partial charge on any atom is 0.339 e. The predicted octanol–water partition coefficient (Wildman–Crippen LogP) is 5.30. The lowest BCUT2D eigenvalue weighted by Gasteiger charge is -2.05. The lowest BCUT2D eigenvalue weighted by atomic mass is 9.99. The molecule has 0 aromatic heterocycles. The van der Waals surface area contributed by atoms with Gasteiger partial charge in [-0.2, -0.15) is 0 Å². The van der Waals surface area contributed by atoms with Gasteiger partial charge in [-0.15, -0.1) is 0 Å². The van der Waals surface area contributed by atoms with Gasteiger partial charge in [-0.3, -0.25) is 0 Å². The van der Waals surface area contributed by atoms with Gasteiger partial charge in [-0.1, -0.05) is 58.9 Å². The molecule has 0 bridgehead atoms. The van der Waals surface area contributed by atoms with Gasteiger partial charge in [0.05, 0.1) is 12.7 Å². The van der Waals surface area contributed by atoms with Crippen molar-refractivity contribution in [2.24, 2.45) is 0 Å². The number of rotatable bonds is 4. The van der Waals surface area contributed by atoms with Crippen LogP contribution in [0.1, 0.15) is 18.1 Å². The van der Waals surface area contributed by atoms with E-state index in [1.54, 1.807) is 31.2 Å². The van der Waals surface area contributed by atoms with E-state index >= 15 is 0 Å². The zero-order valence-electron chi connectivity index (χ0n) is 12.5. The normalized spacial score (nSPS) is 9.52. The average molecular weight is 345 g/mol. The molecule has 2 rings (SSSR count). The molecule has 0 atom stereocenters. The second kappa shape index (κ2) is 8.43. The highest BCUT2D eigenvalue weighted by atomic mass is 35.5. The lowest BCUT2D eigenvalue weighted by Crippen LogP contribution is -1.97. The van der Waals surface area contributed by atoms with Gasteiger partial charge in [-0.25, -0.2) is 4.79 Å². The topological polar surface area (TPSA) is 26.3 Å². The number of carbonyl (C=O) groups is 1. The molecule has 23 heavy (non-hydrogen) atoms. The van der Waals surface area contributed by atoms with Crippen LogP contribution in [0.3, 0.4) is 0 Å². The van der Waals surface area contributed by atoms with E-state index in [-0.39, 0.29) is 0 Å². The summed E-state index contributed by atoms with van der Waals surface area (Å²) < 4.78 is 4.83. The number of esters is 1. The summed E-state index contributed by atoms with van der Waals surface area (Å²) in [6.07, 6.45) is 1.22. The van der Waals surface area contributed by atoms with Gasteiger partial charge >= 0.3 is 5.97 Å². The highest BCUT2D eigenvalue weighted by Crippen LogP contribution is 2.24. The van der Waals surface area contributed by atoms with Gasteiger partial charge in [-0.05, 0) is 42.3 Å². The van der Waals surface area contributed by atoms with E-state index in [1.807, 2.05) is 24.3 Å². The van der Waals surface area contributed by atoms with Gasteiger partial charge in [0.15, 0.2) is 0 Å². The van der Waals surface area contributed by atoms with Crippen LogP contribution in [0.5, 0.6) is 0 Å². The fourth-order valence-corrected chi connectivity index (χ4v) is 2.15. The van der Waals surface area contributed by atoms with E-state index in [9.17, 15) is 4.79 Å². The zero-order valence-corrected chi connectivity index (χ0v) is 14.0. The number of ether oxygens (including phenoxy) is 1. The van der Waals surface area contributed by atoms with Crippen LogP contribution in [0.4, 0.5) is 0 Å². The molecule has 0 saturated heterocycles. The first-order valence-corrected chi connectivity index (χ1v) is 7.76. The third kappa shape index (κ3) is 5.17. The molecule has 0 saturated carbocycles. The molecule has 0 fully saturated rings. The van der Waals surface area contributed by atoms with Crippen molar-refractivity contribution in [3.8, 4) is 0 Å². The Morgan fingerprint density at radius 2 is 1.48 bits per heavy atom. The van der Waals surface area contributed by atoms with Crippen LogP contribution in [0, 0.1) is 0 Å². The van der Waals surface area contributed by atoms with Crippen LogP contribution in [-0.4, -0.2) is 12.6 Å². The van der Waals surface area contributed by atoms with Gasteiger partial charge in [0.2, 0.25) is 0 Å². The monoisotopic (exact) mass is 344 g/mol. The molecule has 2 aromatic rings. The minimum absolute atomic E-state index is 0.321. The number of benzene rings is 2. The Balaban J connectivity index is 2.51. The second-order valence-corrected chi connectivity index (χ2v) is 5.43. The Morgan fingerprint density at radius 1 is 1.00 bits per heavy atom. The summed E-state index contributed by atoms with van der Waals surface area (Å²) in [6, 6.07) is 14.7. The Kier molecular flexibility index (Phi) is 6.29. The number of hydrogen-bond acceptors (Lipinski definition) is 2. The highest BCUT2D eigenvalue weighted by molar-refractivity contribution is 6.31. The van der Waals surface area contributed by atoms with Crippen molar-refractivity contribution in [3.05, 3.63) is 87.2 Å². The summed E-state index contributed by atoms with van der Waals surface area (Å²) in [7, 11) is 0. The largest absolute Gasteiger partial charge is 0.462 e. The molecule has 2 aromatic carbocycles. The number of halogens is 2. The maximum atomic E-state index is 11.4. The molecule has 0 amide bonds. The Bertz CT molecular complexity index is 730. The molecule has 0 unspecified atom stereocenters. The summed E-state index contributed by atoms with van der Waals surface area (Å²) in [6.45, 7) is 2.07. The average Bonchev–Trinajstić information content (AvgIpc) is 2.54. The van der Waals surface area contributed by atoms with E-state index in [2.05, 4.69) is 11.5 Å². The van der Waals surface area contributed by atoms with E-state index in [0.717, 1.165) is 16.7 Å². The molecule has 0 spiro atoms. The van der Waals surface area contributed by atoms with Crippen molar-refractivity contribution in [1.82, 2.24) is 0 Å². The molecule has 116 valence electrons. The first kappa shape index (κ1) is 17.1. The fourth-order valence-electron chi connectivity index (χ4n) is 1.90. The quantitative estimate of drug-likeness (QED) is 0.427. The van der Waals surface area contributed by atoms with E-state index in [1.165, 1.54) is 6.08 Å². The minimum Gasteiger partial charge on any atom is -0.462 e. The fraction of sp³-hybridized carbons (Fsp3) is 0.105. The van der Waals surface area contributed by atoms with Crippen molar-refractivity contribution in [3.63, 3.8) is 0 Å². The molecule has 0 aliphatic rings. The summed E-state index contributed by atoms with van der Waals surface area (Å²) >= 11 is 11.9. The van der Waals surface area contributed by atoms with Crippen molar-refractivity contribution in [1.29, 1.82) is 0 Å². The number of hydrogen-bond donors (Lipinski definition) is 0. The third-order valence-corrected chi connectivity index (χ3v) is 3.44. The smallest absolute Gasteiger partial charge is 0.339 e. The van der Waals surface area contributed by atoms with Gasteiger partial charge in [0.1, 0.15) is 0 Å². The molecule has 0 aliphatic heterocycles. The van der Waals surface area contributed by atoms with Crippen LogP contribution >= 0.6 is 23.2 Å². The molecular formula is C19H14Cl2O2. The van der Waals surface area contributed by atoms with Gasteiger partial charge < -0.3 is 4.74 Å². The van der Waals surface area contributed by atoms with Crippen LogP contribution in [0.15, 0.2) is 66.1 Å². The second-order valence-electron chi connectivity index (χ2n) is 4.55. The van der Waals surface area contributed by atoms with Crippen LogP contribution < -0.4 is 0 Å². The van der Waals surface area contributed by atoms with Crippen LogP contribution in [0.2, 0.25) is 10.0 Å². The van der Waals surface area contributed by atoms with Gasteiger partial charge in [0, 0.05) is 15.6 Å². The third-order valence-electron chi connectivity index (χ3n) is 2.94. The van der Waals surface area contributed by atoms with Gasteiger partial charge in [0.25, 0.3) is 0 Å². The predicted molar refractivity (Wildman–Crippen MR) is 93.6 cm³/mol. The van der Waals surface area contributed by atoms with E-state index in [0.29, 0.717) is 16.7 Å². The molecule has 0 N–H and O–H groups in total. The van der Waals surface area contributed by atoms with Crippen LogP contribution in [0.25, 0.3) is 5.57 Å². The first-order valence-electron chi connectivity index (χ1n) is 7.00. The maximum absolute atomic E-state index is 11.4. The number of carbonyl (C=O) groups excluding carboxylic acids is 1. The van der Waals surface area contributed by atoms with E-state index < -0.39 is 5.97 Å². The Labute approximate surface area is 145 Å². The van der Waals surface area contributed by atoms with Crippen molar-refractivity contribution in [2.75, 3.05) is 6.61 Å². The summed E-state index contributed by atoms with van der Waals surface area (Å²) in [5.41, 5.74) is 8.33. The lowest BCUT2D eigenvalue weighted by molar-refractivity contribution is -0.137. The minimum atomic E-state index is -0.452. The molecule has 0 aliphatic carbocycles. The summed E-state index contributed by atoms with van der Waals surface area (Å²) in [5.74, 6) is -0.452. The molecule has 2 nitrogen and oxygen atoms in total. The molecule has 0 heterocycles. The van der Waals surface area contributed by atoms with Crippen molar-refractivity contribution >= 4 is 34.7 Å². The van der Waals surface area contributed by atoms with Crippen molar-refractivity contribution in [2.45, 2.75) is 6.92 Å². The molecular weight excluding hydrogens is 331 g/mol. The first-order chi connectivity index (χ1) is 11.1. The highest BCUT2D eigenvalue weighted by Gasteiger charge is 2.04. The van der Waals surface area contributed by atoms with Crippen molar-refractivity contribution < 1.29 is 9.53 Å². The summed E-state index contributed by atoms with van der Waals surface area (Å²) in [5, 5.41) is 1.30. The van der Waals surface area contributed by atoms with E-state index in [4.69, 9.17) is 27.9 Å². The Morgan fingerprint density at radius 3 is 1.91 bits per heavy atom. The Hall–Kier alpha value is -2.21. The summed E-state index contributed by atoms with van der Waals surface area (Å²) in [4.78, 5) is 11.4. The zero-order chi connectivity index (χ0) is 16.7. The molecule has 4 heteroatoms. The molecule has 0 radical (unpaired) electrons. The SMILES string of the molecule is CCOC(=O)C=C=C=C(c1ccc(Cl)cc1)c1ccc(Cl)cc1.